The lowest BCUT2D eigenvalue weighted by Gasteiger charge is -2.16. The zero-order valence-corrected chi connectivity index (χ0v) is 19.9. The lowest BCUT2D eigenvalue weighted by atomic mass is 10.0. The summed E-state index contributed by atoms with van der Waals surface area (Å²) in [6.45, 7) is 9.03. The summed E-state index contributed by atoms with van der Waals surface area (Å²) in [5, 5.41) is 4.32. The van der Waals surface area contributed by atoms with E-state index < -0.39 is 0 Å². The summed E-state index contributed by atoms with van der Waals surface area (Å²) >= 11 is 0. The molecule has 0 saturated heterocycles. The van der Waals surface area contributed by atoms with E-state index in [1.54, 1.807) is 4.68 Å². The van der Waals surface area contributed by atoms with Gasteiger partial charge in [0.1, 0.15) is 0 Å². The Bertz CT molecular complexity index is 1080. The summed E-state index contributed by atoms with van der Waals surface area (Å²) in [5.41, 5.74) is 6.05. The van der Waals surface area contributed by atoms with Crippen molar-refractivity contribution in [2.45, 2.75) is 26.7 Å². The fourth-order valence-corrected chi connectivity index (χ4v) is 3.59. The van der Waals surface area contributed by atoms with Gasteiger partial charge in [-0.15, -0.1) is 0 Å². The number of nitrogens with zero attached hydrogens (tertiary/aromatic N) is 4. The van der Waals surface area contributed by atoms with Gasteiger partial charge in [0.25, 0.3) is 0 Å². The summed E-state index contributed by atoms with van der Waals surface area (Å²) in [6, 6.07) is 12.5. The molecule has 0 N–H and O–H groups in total. The molecule has 0 saturated carbocycles. The molecule has 3 rings (SSSR count). The van der Waals surface area contributed by atoms with Crippen molar-refractivity contribution in [3.63, 3.8) is 0 Å². The van der Waals surface area contributed by atoms with Crippen molar-refractivity contribution in [2.24, 2.45) is 13.0 Å². The summed E-state index contributed by atoms with van der Waals surface area (Å²) in [5.74, 6) is 1.16. The highest BCUT2D eigenvalue weighted by Crippen LogP contribution is 2.32. The molecule has 0 aliphatic rings. The van der Waals surface area contributed by atoms with Gasteiger partial charge >= 0.3 is 0 Å². The van der Waals surface area contributed by atoms with E-state index in [9.17, 15) is 0 Å². The largest absolute Gasteiger partial charge is 0.477 e. The van der Waals surface area contributed by atoms with Gasteiger partial charge in [0.2, 0.25) is 5.88 Å². The molecule has 0 spiro atoms. The summed E-state index contributed by atoms with van der Waals surface area (Å²) in [6.07, 6.45) is 9.96. The monoisotopic (exact) mass is 430 g/mol. The highest BCUT2D eigenvalue weighted by Gasteiger charge is 2.15. The van der Waals surface area contributed by atoms with E-state index in [-0.39, 0.29) is 0 Å². The van der Waals surface area contributed by atoms with Gasteiger partial charge < -0.3 is 9.64 Å². The van der Waals surface area contributed by atoms with Gasteiger partial charge in [-0.3, -0.25) is 4.68 Å². The number of allylic oxidation sites excluding steroid dienone is 2. The Labute approximate surface area is 192 Å². The van der Waals surface area contributed by atoms with Crippen molar-refractivity contribution >= 4 is 5.57 Å². The van der Waals surface area contributed by atoms with Gasteiger partial charge in [-0.25, -0.2) is 4.98 Å². The Balaban J connectivity index is 2.01. The number of benzene rings is 1. The number of hydrogen-bond acceptors (Lipinski definition) is 4. The maximum Gasteiger partial charge on any atom is 0.222 e. The first-order valence-corrected chi connectivity index (χ1v) is 11.2. The van der Waals surface area contributed by atoms with Crippen LogP contribution < -0.4 is 4.74 Å². The van der Waals surface area contributed by atoms with Crippen LogP contribution in [-0.2, 0) is 7.05 Å². The van der Waals surface area contributed by atoms with Gasteiger partial charge in [-0.05, 0) is 35.3 Å². The van der Waals surface area contributed by atoms with Crippen molar-refractivity contribution in [3.05, 3.63) is 73.2 Å². The minimum absolute atomic E-state index is 0.511. The lowest BCUT2D eigenvalue weighted by molar-refractivity contribution is 0.234. The molecule has 5 heteroatoms. The van der Waals surface area contributed by atoms with Crippen LogP contribution in [0.3, 0.4) is 0 Å². The number of aryl methyl sites for hydroxylation is 1. The van der Waals surface area contributed by atoms with Crippen LogP contribution in [0.15, 0.2) is 67.6 Å². The molecule has 0 amide bonds. The van der Waals surface area contributed by atoms with E-state index >= 15 is 0 Å². The number of hydrogen-bond donors (Lipinski definition) is 0. The second-order valence-corrected chi connectivity index (χ2v) is 8.28. The van der Waals surface area contributed by atoms with Crippen LogP contribution in [0.4, 0.5) is 0 Å². The molecule has 2 heterocycles. The molecule has 0 unspecified atom stereocenters. The molecule has 1 aromatic carbocycles. The first-order valence-electron chi connectivity index (χ1n) is 11.2. The molecule has 0 aliphatic carbocycles. The Kier molecular flexibility index (Phi) is 7.87. The number of rotatable bonds is 10. The zero-order valence-electron chi connectivity index (χ0n) is 19.9. The van der Waals surface area contributed by atoms with Crippen LogP contribution in [0.5, 0.6) is 5.88 Å². The number of aromatic nitrogens is 3. The Morgan fingerprint density at radius 3 is 2.56 bits per heavy atom. The molecular formula is C27H34N4O. The molecule has 0 fully saturated rings. The first-order chi connectivity index (χ1) is 15.4. The third kappa shape index (κ3) is 5.67. The predicted molar refractivity (Wildman–Crippen MR) is 133 cm³/mol. The molecule has 0 aliphatic heterocycles. The predicted octanol–water partition coefficient (Wildman–Crippen LogP) is 6.05. The smallest absolute Gasteiger partial charge is 0.222 e. The SMILES string of the molecule is C=C/C(=C\N(C)C)c1cccc(-c2ccc(-c3cnn(C)c3)c(OCC(CC)CC)n2)c1. The minimum atomic E-state index is 0.511. The van der Waals surface area contributed by atoms with Crippen LogP contribution in [0.1, 0.15) is 32.3 Å². The number of pyridine rings is 1. The summed E-state index contributed by atoms with van der Waals surface area (Å²) in [4.78, 5) is 6.96. The molecule has 0 radical (unpaired) electrons. The fourth-order valence-electron chi connectivity index (χ4n) is 3.59. The van der Waals surface area contributed by atoms with Crippen LogP contribution >= 0.6 is 0 Å². The van der Waals surface area contributed by atoms with Gasteiger partial charge in [0, 0.05) is 50.2 Å². The average molecular weight is 431 g/mol. The summed E-state index contributed by atoms with van der Waals surface area (Å²) < 4.78 is 8.07. The van der Waals surface area contributed by atoms with Crippen LogP contribution in [0, 0.1) is 5.92 Å². The standard InChI is InChI=1S/C27H34N4O/c1-7-20(8-2)19-32-27-25(24-16-28-31(6)18-24)13-14-26(29-27)23-12-10-11-22(15-23)21(9-3)17-30(4)5/h9-18,20H,3,7-8,19H2,1-2,4-6H3/b21-17+. The average Bonchev–Trinajstić information content (AvgIpc) is 3.24. The Hall–Kier alpha value is -3.34. The number of ether oxygens (including phenoxy) is 1. The maximum absolute atomic E-state index is 6.28. The van der Waals surface area contributed by atoms with Gasteiger partial charge in [0.15, 0.2) is 0 Å². The fraction of sp³-hybridized carbons (Fsp3) is 0.333. The molecule has 32 heavy (non-hydrogen) atoms. The molecule has 3 aromatic rings. The van der Waals surface area contributed by atoms with E-state index in [4.69, 9.17) is 9.72 Å². The van der Waals surface area contributed by atoms with Crippen molar-refractivity contribution in [1.29, 1.82) is 0 Å². The quantitative estimate of drug-likeness (QED) is 0.367. The van der Waals surface area contributed by atoms with E-state index in [1.165, 1.54) is 0 Å². The molecule has 0 atom stereocenters. The maximum atomic E-state index is 6.28. The van der Waals surface area contributed by atoms with E-state index in [2.05, 4.69) is 68.1 Å². The topological polar surface area (TPSA) is 43.2 Å². The van der Waals surface area contributed by atoms with E-state index in [0.29, 0.717) is 18.4 Å². The van der Waals surface area contributed by atoms with Crippen LogP contribution in [0.2, 0.25) is 0 Å². The lowest BCUT2D eigenvalue weighted by Crippen LogP contribution is -2.11. The molecule has 5 nitrogen and oxygen atoms in total. The van der Waals surface area contributed by atoms with Crippen LogP contribution in [-0.4, -0.2) is 40.4 Å². The van der Waals surface area contributed by atoms with Crippen LogP contribution in [0.25, 0.3) is 28.0 Å². The highest BCUT2D eigenvalue weighted by atomic mass is 16.5. The normalized spacial score (nSPS) is 11.6. The Morgan fingerprint density at radius 2 is 1.94 bits per heavy atom. The molecule has 168 valence electrons. The Morgan fingerprint density at radius 1 is 1.16 bits per heavy atom. The van der Waals surface area contributed by atoms with Crippen molar-refractivity contribution in [1.82, 2.24) is 19.7 Å². The van der Waals surface area contributed by atoms with Gasteiger partial charge in [-0.1, -0.05) is 57.5 Å². The second-order valence-electron chi connectivity index (χ2n) is 8.28. The molecular weight excluding hydrogens is 396 g/mol. The first kappa shape index (κ1) is 23.3. The van der Waals surface area contributed by atoms with Crippen molar-refractivity contribution in [2.75, 3.05) is 20.7 Å². The van der Waals surface area contributed by atoms with Gasteiger partial charge in [-0.2, -0.15) is 5.10 Å². The van der Waals surface area contributed by atoms with Gasteiger partial charge in [0.05, 0.1) is 18.5 Å². The van der Waals surface area contributed by atoms with E-state index in [1.807, 2.05) is 44.5 Å². The summed E-state index contributed by atoms with van der Waals surface area (Å²) in [7, 11) is 5.94. The third-order valence-electron chi connectivity index (χ3n) is 5.60. The van der Waals surface area contributed by atoms with E-state index in [0.717, 1.165) is 46.4 Å². The zero-order chi connectivity index (χ0) is 23.1. The third-order valence-corrected chi connectivity index (χ3v) is 5.60. The molecule has 0 bridgehead atoms. The van der Waals surface area contributed by atoms with Crippen molar-refractivity contribution in [3.8, 4) is 28.3 Å². The van der Waals surface area contributed by atoms with Crippen molar-refractivity contribution < 1.29 is 4.74 Å². The molecule has 2 aromatic heterocycles. The minimum Gasteiger partial charge on any atom is -0.477 e. The second kappa shape index (κ2) is 10.8. The highest BCUT2D eigenvalue weighted by molar-refractivity contribution is 5.77.